The van der Waals surface area contributed by atoms with Crippen LogP contribution in [0.2, 0.25) is 0 Å². The molecule has 1 N–H and O–H groups in total. The third kappa shape index (κ3) is 3.89. The molecule has 1 atom stereocenters. The summed E-state index contributed by atoms with van der Waals surface area (Å²) >= 11 is 3.65. The minimum atomic E-state index is -3.60. The van der Waals surface area contributed by atoms with Crippen LogP contribution in [0, 0.1) is 11.3 Å². The normalized spacial score (nSPS) is 19.8. The molecule has 1 unspecified atom stereocenters. The Morgan fingerprint density at radius 2 is 2.16 bits per heavy atom. The van der Waals surface area contributed by atoms with Crippen molar-refractivity contribution in [3.8, 4) is 6.07 Å². The number of hydrogen-bond donors (Lipinski definition) is 1. The summed E-state index contributed by atoms with van der Waals surface area (Å²) in [6, 6.07) is 8.17. The summed E-state index contributed by atoms with van der Waals surface area (Å²) in [5.41, 5.74) is 0.181. The van der Waals surface area contributed by atoms with Crippen LogP contribution in [0.3, 0.4) is 0 Å². The molecule has 1 heterocycles. The Bertz CT molecular complexity index is 575. The lowest BCUT2D eigenvalue weighted by Crippen LogP contribution is -2.33. The highest BCUT2D eigenvalue weighted by molar-refractivity contribution is 8.06. The molecule has 2 rings (SSSR count). The highest BCUT2D eigenvalue weighted by Crippen LogP contribution is 2.24. The Labute approximate surface area is 122 Å². The number of sulfonamides is 1. The number of thioether (sulfide) groups is 2. The first-order valence-electron chi connectivity index (χ1n) is 5.81. The molecule has 0 radical (unpaired) electrons. The zero-order valence-corrected chi connectivity index (χ0v) is 12.7. The van der Waals surface area contributed by atoms with Gasteiger partial charge in [0, 0.05) is 29.1 Å². The molecule has 0 bridgehead atoms. The van der Waals surface area contributed by atoms with Gasteiger partial charge in [-0.1, -0.05) is 12.1 Å². The van der Waals surface area contributed by atoms with Crippen molar-refractivity contribution in [1.82, 2.24) is 4.72 Å². The first kappa shape index (κ1) is 14.7. The summed E-state index contributed by atoms with van der Waals surface area (Å²) in [5, 5.41) is 9.26. The van der Waals surface area contributed by atoms with E-state index in [4.69, 9.17) is 5.26 Å². The largest absolute Gasteiger partial charge is 0.241 e. The predicted molar refractivity (Wildman–Crippen MR) is 79.9 cm³/mol. The number of hydrogen-bond acceptors (Lipinski definition) is 5. The maximum Gasteiger partial charge on any atom is 0.241 e. The summed E-state index contributed by atoms with van der Waals surface area (Å²) in [5.74, 6) is 3.16. The molecule has 0 aromatic heterocycles. The van der Waals surface area contributed by atoms with E-state index >= 15 is 0 Å². The van der Waals surface area contributed by atoms with Crippen molar-refractivity contribution in [3.05, 3.63) is 29.8 Å². The molecule has 7 heteroatoms. The first-order valence-corrected chi connectivity index (χ1v) is 9.50. The molecule has 1 fully saturated rings. The third-order valence-electron chi connectivity index (χ3n) is 2.68. The fraction of sp³-hybridized carbons (Fsp3) is 0.417. The molecule has 1 aromatic rings. The Morgan fingerprint density at radius 1 is 1.37 bits per heavy atom. The van der Waals surface area contributed by atoms with Crippen molar-refractivity contribution >= 4 is 33.5 Å². The van der Waals surface area contributed by atoms with Gasteiger partial charge in [0.1, 0.15) is 6.07 Å². The average Bonchev–Trinajstić information content (AvgIpc) is 2.46. The molecule has 0 spiro atoms. The van der Waals surface area contributed by atoms with Crippen LogP contribution in [0.25, 0.3) is 0 Å². The van der Waals surface area contributed by atoms with E-state index in [0.29, 0.717) is 11.8 Å². The fourth-order valence-electron chi connectivity index (χ4n) is 1.73. The molecule has 1 aliphatic rings. The Hall–Kier alpha value is -0.680. The van der Waals surface area contributed by atoms with Gasteiger partial charge in [-0.3, -0.25) is 0 Å². The molecule has 19 heavy (non-hydrogen) atoms. The van der Waals surface area contributed by atoms with Gasteiger partial charge in [-0.2, -0.15) is 28.8 Å². The Kier molecular flexibility index (Phi) is 5.16. The maximum atomic E-state index is 12.2. The predicted octanol–water partition coefficient (Wildman–Crippen LogP) is 1.69. The molecule has 0 saturated carbocycles. The van der Waals surface area contributed by atoms with E-state index in [0.717, 1.165) is 17.3 Å². The van der Waals surface area contributed by atoms with Crippen molar-refractivity contribution in [2.45, 2.75) is 10.1 Å². The minimum Gasteiger partial charge on any atom is -0.210 e. The van der Waals surface area contributed by atoms with E-state index in [1.54, 1.807) is 23.9 Å². The van der Waals surface area contributed by atoms with Gasteiger partial charge in [0.05, 0.1) is 10.5 Å². The van der Waals surface area contributed by atoms with Crippen LogP contribution in [0.5, 0.6) is 0 Å². The summed E-state index contributed by atoms with van der Waals surface area (Å²) in [6.45, 7) is 0.416. The zero-order valence-electron chi connectivity index (χ0n) is 10.2. The van der Waals surface area contributed by atoms with Gasteiger partial charge < -0.3 is 0 Å². The highest BCUT2D eigenvalue weighted by atomic mass is 32.2. The lowest BCUT2D eigenvalue weighted by atomic mass is 10.2. The van der Waals surface area contributed by atoms with E-state index in [1.807, 2.05) is 17.8 Å². The van der Waals surface area contributed by atoms with E-state index in [2.05, 4.69) is 4.72 Å². The van der Waals surface area contributed by atoms with Gasteiger partial charge in [-0.25, -0.2) is 13.1 Å². The third-order valence-corrected chi connectivity index (χ3v) is 7.01. The second kappa shape index (κ2) is 6.66. The van der Waals surface area contributed by atoms with E-state index in [9.17, 15) is 8.42 Å². The van der Waals surface area contributed by atoms with Crippen molar-refractivity contribution in [2.75, 3.05) is 23.8 Å². The van der Waals surface area contributed by atoms with Gasteiger partial charge in [0.25, 0.3) is 0 Å². The van der Waals surface area contributed by atoms with Crippen molar-refractivity contribution in [2.24, 2.45) is 0 Å². The van der Waals surface area contributed by atoms with Crippen LogP contribution in [0.1, 0.15) is 5.56 Å². The average molecular weight is 314 g/mol. The molecule has 102 valence electrons. The monoisotopic (exact) mass is 314 g/mol. The summed E-state index contributed by atoms with van der Waals surface area (Å²) in [4.78, 5) is 0.0611. The minimum absolute atomic E-state index is 0.0611. The molecule has 0 amide bonds. The van der Waals surface area contributed by atoms with Crippen molar-refractivity contribution in [3.63, 3.8) is 0 Å². The first-order chi connectivity index (χ1) is 9.13. The van der Waals surface area contributed by atoms with Gasteiger partial charge in [-0.05, 0) is 12.1 Å². The number of nitrogens with one attached hydrogen (secondary N) is 1. The Morgan fingerprint density at radius 3 is 2.84 bits per heavy atom. The molecule has 4 nitrogen and oxygen atoms in total. The number of rotatable bonds is 4. The molecule has 0 aliphatic carbocycles. The topological polar surface area (TPSA) is 70.0 Å². The Balaban J connectivity index is 2.07. The lowest BCUT2D eigenvalue weighted by Gasteiger charge is -2.21. The second-order valence-electron chi connectivity index (χ2n) is 4.03. The van der Waals surface area contributed by atoms with E-state index in [-0.39, 0.29) is 10.5 Å². The quantitative estimate of drug-likeness (QED) is 0.916. The van der Waals surface area contributed by atoms with Crippen molar-refractivity contribution in [1.29, 1.82) is 5.26 Å². The van der Waals surface area contributed by atoms with Crippen LogP contribution >= 0.6 is 23.5 Å². The van der Waals surface area contributed by atoms with Gasteiger partial charge in [-0.15, -0.1) is 0 Å². The standard InChI is InChI=1S/C12H14N2O2S3/c13-7-10-3-1-2-4-12(10)19(15,16)14-8-11-9-17-5-6-18-11/h1-4,11,14H,5-6,8-9H2. The highest BCUT2D eigenvalue weighted by Gasteiger charge is 2.21. The molecule has 1 aliphatic heterocycles. The zero-order chi connectivity index (χ0) is 13.7. The summed E-state index contributed by atoms with van der Waals surface area (Å²) in [7, 11) is -3.60. The smallest absolute Gasteiger partial charge is 0.210 e. The van der Waals surface area contributed by atoms with Crippen LogP contribution in [0.15, 0.2) is 29.2 Å². The molecule has 1 saturated heterocycles. The lowest BCUT2D eigenvalue weighted by molar-refractivity contribution is 0.581. The molecular formula is C12H14N2O2S3. The van der Waals surface area contributed by atoms with Crippen LogP contribution in [-0.2, 0) is 10.0 Å². The molecular weight excluding hydrogens is 300 g/mol. The second-order valence-corrected chi connectivity index (χ2v) is 8.32. The molecule has 1 aromatic carbocycles. The van der Waals surface area contributed by atoms with Crippen LogP contribution in [-0.4, -0.2) is 37.5 Å². The SMILES string of the molecule is N#Cc1ccccc1S(=O)(=O)NCC1CSCCS1. The van der Waals surface area contributed by atoms with Crippen molar-refractivity contribution < 1.29 is 8.42 Å². The van der Waals surface area contributed by atoms with Crippen LogP contribution in [0.4, 0.5) is 0 Å². The number of benzene rings is 1. The number of nitrogens with zero attached hydrogens (tertiary/aromatic N) is 1. The van der Waals surface area contributed by atoms with Gasteiger partial charge in [0.2, 0.25) is 10.0 Å². The van der Waals surface area contributed by atoms with Gasteiger partial charge >= 0.3 is 0 Å². The van der Waals surface area contributed by atoms with E-state index < -0.39 is 10.0 Å². The summed E-state index contributed by atoms with van der Waals surface area (Å²) < 4.78 is 27.0. The summed E-state index contributed by atoms with van der Waals surface area (Å²) in [6.07, 6.45) is 0. The van der Waals surface area contributed by atoms with E-state index in [1.165, 1.54) is 12.1 Å². The maximum absolute atomic E-state index is 12.2. The fourth-order valence-corrected chi connectivity index (χ4v) is 5.68. The number of nitriles is 1. The van der Waals surface area contributed by atoms with Crippen LogP contribution < -0.4 is 4.72 Å². The van der Waals surface area contributed by atoms with Gasteiger partial charge in [0.15, 0.2) is 0 Å².